The van der Waals surface area contributed by atoms with Crippen molar-refractivity contribution < 1.29 is 9.39 Å². The second-order valence-corrected chi connectivity index (χ2v) is 2.54. The predicted molar refractivity (Wildman–Crippen MR) is 41.5 cm³/mol. The van der Waals surface area contributed by atoms with Gasteiger partial charge in [0.15, 0.2) is 0 Å². The molecule has 5 nitrogen and oxygen atoms in total. The molecule has 60 valence electrons. The van der Waals surface area contributed by atoms with Crippen molar-refractivity contribution in [1.29, 1.82) is 0 Å². The van der Waals surface area contributed by atoms with Crippen LogP contribution in [-0.4, -0.2) is 16.3 Å². The lowest BCUT2D eigenvalue weighted by Gasteiger charge is -2.17. The summed E-state index contributed by atoms with van der Waals surface area (Å²) >= 11 is 0. The lowest BCUT2D eigenvalue weighted by atomic mass is 10.3. The van der Waals surface area contributed by atoms with E-state index in [1.807, 2.05) is 0 Å². The number of fused-ring (bicyclic) bond motifs is 1. The van der Waals surface area contributed by atoms with E-state index < -0.39 is 0 Å². The van der Waals surface area contributed by atoms with Crippen LogP contribution in [0.4, 0.5) is 0 Å². The fourth-order valence-electron chi connectivity index (χ4n) is 1.14. The van der Waals surface area contributed by atoms with Gasteiger partial charge >= 0.3 is 5.91 Å². The third-order valence-electron chi connectivity index (χ3n) is 1.82. The third kappa shape index (κ3) is 0.709. The molecule has 1 amide bonds. The summed E-state index contributed by atoms with van der Waals surface area (Å²) in [5, 5.41) is 11.0. The van der Waals surface area contributed by atoms with Crippen molar-refractivity contribution in [2.75, 3.05) is 0 Å². The van der Waals surface area contributed by atoms with Gasteiger partial charge in [0.2, 0.25) is 0 Å². The second-order valence-electron chi connectivity index (χ2n) is 2.54. The number of carbonyl (C=O) groups is 1. The molecule has 2 aliphatic heterocycles. The van der Waals surface area contributed by atoms with Crippen LogP contribution in [0.15, 0.2) is 40.0 Å². The summed E-state index contributed by atoms with van der Waals surface area (Å²) in [6.07, 6.45) is 6.93. The van der Waals surface area contributed by atoms with E-state index in [0.717, 1.165) is 0 Å². The molecule has 1 unspecified atom stereocenters. The van der Waals surface area contributed by atoms with Crippen LogP contribution in [0.5, 0.6) is 0 Å². The molecule has 0 bridgehead atoms. The van der Waals surface area contributed by atoms with E-state index in [1.165, 1.54) is 6.92 Å². The number of rotatable bonds is 0. The van der Waals surface area contributed by atoms with Crippen molar-refractivity contribution >= 4 is 11.7 Å². The summed E-state index contributed by atoms with van der Waals surface area (Å²) in [4.78, 5) is 11.3. The molecule has 2 rings (SSSR count). The second kappa shape index (κ2) is 2.18. The smallest absolute Gasteiger partial charge is 0.227 e. The lowest BCUT2D eigenvalue weighted by molar-refractivity contribution is -0.714. The Bertz CT molecular complexity index is 352. The minimum Gasteiger partial charge on any atom is -0.227 e. The van der Waals surface area contributed by atoms with Crippen LogP contribution < -0.4 is 0 Å². The maximum Gasteiger partial charge on any atom is 0.349 e. The number of nitrogens with zero attached hydrogens (tertiary/aromatic N) is 4. The van der Waals surface area contributed by atoms with Gasteiger partial charge in [0.25, 0.3) is 5.84 Å². The quantitative estimate of drug-likeness (QED) is 0.494. The summed E-state index contributed by atoms with van der Waals surface area (Å²) in [7, 11) is 0. The zero-order valence-electron chi connectivity index (χ0n) is 6.51. The van der Waals surface area contributed by atoms with E-state index in [9.17, 15) is 4.79 Å². The normalized spacial score (nSPS) is 30.2. The topological polar surface area (TPSA) is 54.1 Å². The van der Waals surface area contributed by atoms with E-state index in [0.29, 0.717) is 5.84 Å². The number of quaternary nitrogens is 1. The van der Waals surface area contributed by atoms with Gasteiger partial charge in [0.05, 0.1) is 12.1 Å². The fourth-order valence-corrected chi connectivity index (χ4v) is 1.14. The molecule has 0 aromatic rings. The maximum atomic E-state index is 11.3. The average molecular weight is 163 g/mol. The third-order valence-corrected chi connectivity index (χ3v) is 1.82. The zero-order valence-corrected chi connectivity index (χ0v) is 6.51. The lowest BCUT2D eigenvalue weighted by Crippen LogP contribution is -2.45. The minimum atomic E-state index is -0.226. The highest BCUT2D eigenvalue weighted by Gasteiger charge is 2.43. The predicted octanol–water partition coefficient (Wildman–Crippen LogP) is 1.13. The Morgan fingerprint density at radius 3 is 3.00 bits per heavy atom. The van der Waals surface area contributed by atoms with Gasteiger partial charge in [-0.15, -0.1) is 0 Å². The molecule has 1 atom stereocenters. The van der Waals surface area contributed by atoms with Gasteiger partial charge in [-0.25, -0.2) is 4.79 Å². The molecule has 5 heteroatoms. The molecular weight excluding hydrogens is 156 g/mol. The van der Waals surface area contributed by atoms with Crippen molar-refractivity contribution in [3.8, 4) is 0 Å². The molecule has 2 heterocycles. The van der Waals surface area contributed by atoms with E-state index in [1.54, 1.807) is 24.4 Å². The summed E-state index contributed by atoms with van der Waals surface area (Å²) < 4.78 is -0.226. The van der Waals surface area contributed by atoms with E-state index in [-0.39, 0.29) is 10.5 Å². The molecule has 0 aliphatic carbocycles. The first kappa shape index (κ1) is 7.05. The zero-order chi connectivity index (χ0) is 8.60. The Balaban J connectivity index is 2.54. The van der Waals surface area contributed by atoms with Gasteiger partial charge in [-0.05, 0) is 16.7 Å². The van der Waals surface area contributed by atoms with Crippen molar-refractivity contribution in [3.63, 3.8) is 0 Å². The van der Waals surface area contributed by atoms with Crippen molar-refractivity contribution in [2.45, 2.75) is 6.92 Å². The molecule has 0 aromatic carbocycles. The molecule has 2 aliphatic rings. The number of amidine groups is 1. The summed E-state index contributed by atoms with van der Waals surface area (Å²) in [5.41, 5.74) is 0. The first-order chi connectivity index (χ1) is 5.76. The van der Waals surface area contributed by atoms with Crippen LogP contribution in [0.25, 0.3) is 0 Å². The molecule has 0 saturated carbocycles. The highest BCUT2D eigenvalue weighted by Crippen LogP contribution is 2.22. The van der Waals surface area contributed by atoms with Crippen LogP contribution >= 0.6 is 0 Å². The van der Waals surface area contributed by atoms with Gasteiger partial charge in [-0.3, -0.25) is 0 Å². The first-order valence-electron chi connectivity index (χ1n) is 3.52. The molecule has 0 saturated heterocycles. The van der Waals surface area contributed by atoms with Gasteiger partial charge in [-0.1, -0.05) is 5.10 Å². The molecular formula is C7H7N4O+. The first-order valence-corrected chi connectivity index (χ1v) is 3.52. The average Bonchev–Trinajstić information content (AvgIpc) is 2.48. The monoisotopic (exact) mass is 163 g/mol. The van der Waals surface area contributed by atoms with Gasteiger partial charge in [0, 0.05) is 11.3 Å². The minimum absolute atomic E-state index is 0.115. The Hall–Kier alpha value is -1.62. The number of hydrogen-bond acceptors (Lipinski definition) is 4. The van der Waals surface area contributed by atoms with Crippen molar-refractivity contribution in [3.05, 3.63) is 24.4 Å². The van der Waals surface area contributed by atoms with E-state index in [4.69, 9.17) is 0 Å². The highest BCUT2D eigenvalue weighted by atomic mass is 16.2. The Kier molecular flexibility index (Phi) is 1.28. The highest BCUT2D eigenvalue weighted by molar-refractivity contribution is 5.96. The van der Waals surface area contributed by atoms with E-state index in [2.05, 4.69) is 15.5 Å². The Labute approximate surface area is 69.0 Å². The van der Waals surface area contributed by atoms with Crippen LogP contribution in [-0.2, 0) is 4.79 Å². The van der Waals surface area contributed by atoms with Crippen molar-refractivity contribution in [2.24, 2.45) is 15.5 Å². The Morgan fingerprint density at radius 2 is 2.33 bits per heavy atom. The standard InChI is InChI=1S/C7H7N4O/c1-6(12)11-5-3-2-4-7(11)8-9-10-11/h2-5H,1H3/q+1. The molecule has 0 N–H and O–H groups in total. The summed E-state index contributed by atoms with van der Waals surface area (Å²) in [5.74, 6) is 0.431. The van der Waals surface area contributed by atoms with Crippen LogP contribution in [0.1, 0.15) is 6.92 Å². The molecule has 12 heavy (non-hydrogen) atoms. The number of amides is 1. The van der Waals surface area contributed by atoms with Gasteiger partial charge < -0.3 is 0 Å². The number of allylic oxidation sites excluding steroid dienone is 2. The summed E-state index contributed by atoms with van der Waals surface area (Å²) in [6, 6.07) is 0. The van der Waals surface area contributed by atoms with Gasteiger partial charge in [0.1, 0.15) is 6.20 Å². The maximum absolute atomic E-state index is 11.3. The number of carbonyl (C=O) groups excluding carboxylic acids is 1. The Morgan fingerprint density at radius 1 is 1.50 bits per heavy atom. The van der Waals surface area contributed by atoms with Gasteiger partial charge in [-0.2, -0.15) is 0 Å². The largest absolute Gasteiger partial charge is 0.349 e. The SMILES string of the molecule is CC(=O)[N+]12C=CC=CC1=NN=N2. The van der Waals surface area contributed by atoms with Crippen LogP contribution in [0.2, 0.25) is 0 Å². The van der Waals surface area contributed by atoms with E-state index >= 15 is 0 Å². The molecule has 0 radical (unpaired) electrons. The van der Waals surface area contributed by atoms with Crippen LogP contribution in [0.3, 0.4) is 0 Å². The molecule has 0 aromatic heterocycles. The summed E-state index contributed by atoms with van der Waals surface area (Å²) in [6.45, 7) is 1.46. The van der Waals surface area contributed by atoms with Crippen LogP contribution in [0, 0.1) is 0 Å². The number of hydrogen-bond donors (Lipinski definition) is 0. The fraction of sp³-hybridized carbons (Fsp3) is 0.143. The molecule has 0 fully saturated rings. The molecule has 0 spiro atoms. The van der Waals surface area contributed by atoms with Crippen molar-refractivity contribution in [1.82, 2.24) is 0 Å².